The Hall–Kier alpha value is -2.89. The zero-order chi connectivity index (χ0) is 21.1. The molecule has 156 valence electrons. The largest absolute Gasteiger partial charge is 0.436 e. The van der Waals surface area contributed by atoms with Crippen LogP contribution < -0.4 is 5.32 Å². The Labute approximate surface area is 171 Å². The van der Waals surface area contributed by atoms with Gasteiger partial charge in [0.15, 0.2) is 6.10 Å². The van der Waals surface area contributed by atoms with Crippen molar-refractivity contribution in [3.63, 3.8) is 0 Å². The Bertz CT molecular complexity index is 726. The number of hydrogen-bond acceptors (Lipinski definition) is 6. The van der Waals surface area contributed by atoms with Gasteiger partial charge >= 0.3 is 6.09 Å². The molecular formula is C21H27N3O5. The Balaban J connectivity index is 1.88. The zero-order valence-corrected chi connectivity index (χ0v) is 16.6. The number of carbonyl (C=O) groups is 2. The Morgan fingerprint density at radius 1 is 1.31 bits per heavy atom. The summed E-state index contributed by atoms with van der Waals surface area (Å²) in [4.78, 5) is 26.4. The topological polar surface area (TPSA) is 101 Å². The first-order chi connectivity index (χ1) is 14.0. The van der Waals surface area contributed by atoms with Crippen molar-refractivity contribution in [3.8, 4) is 6.07 Å². The lowest BCUT2D eigenvalue weighted by Crippen LogP contribution is -2.48. The van der Waals surface area contributed by atoms with E-state index < -0.39 is 24.1 Å². The van der Waals surface area contributed by atoms with Crippen molar-refractivity contribution in [2.75, 3.05) is 32.9 Å². The number of nitriles is 1. The molecule has 0 aromatic heterocycles. The van der Waals surface area contributed by atoms with Crippen LogP contribution in [0.5, 0.6) is 0 Å². The Morgan fingerprint density at radius 2 is 2.00 bits per heavy atom. The number of morpholine rings is 1. The highest BCUT2D eigenvalue weighted by Crippen LogP contribution is 2.11. The molecule has 0 aliphatic carbocycles. The number of carbonyl (C=O) groups excluding carboxylic acids is 2. The van der Waals surface area contributed by atoms with Gasteiger partial charge in [-0.1, -0.05) is 42.5 Å². The molecule has 0 radical (unpaired) electrons. The van der Waals surface area contributed by atoms with Crippen molar-refractivity contribution in [2.45, 2.75) is 32.1 Å². The lowest BCUT2D eigenvalue weighted by molar-refractivity contribution is -0.131. The molecule has 1 aliphatic rings. The number of rotatable bonds is 9. The third kappa shape index (κ3) is 7.94. The van der Waals surface area contributed by atoms with Crippen molar-refractivity contribution in [1.29, 1.82) is 5.26 Å². The molecule has 1 aromatic carbocycles. The molecule has 2 amide bonds. The van der Waals surface area contributed by atoms with Crippen LogP contribution in [0.2, 0.25) is 0 Å². The zero-order valence-electron chi connectivity index (χ0n) is 16.6. The third-order valence-electron chi connectivity index (χ3n) is 4.21. The van der Waals surface area contributed by atoms with E-state index in [0.29, 0.717) is 38.5 Å². The fraction of sp³-hybridized carbons (Fsp3) is 0.476. The average molecular weight is 401 g/mol. The van der Waals surface area contributed by atoms with Crippen molar-refractivity contribution in [3.05, 3.63) is 48.0 Å². The maximum atomic E-state index is 12.6. The Kier molecular flexibility index (Phi) is 9.15. The molecule has 2 rings (SSSR count). The van der Waals surface area contributed by atoms with Crippen molar-refractivity contribution >= 4 is 12.0 Å². The monoisotopic (exact) mass is 401 g/mol. The van der Waals surface area contributed by atoms with E-state index in [1.54, 1.807) is 6.92 Å². The van der Waals surface area contributed by atoms with E-state index in [1.165, 1.54) is 4.90 Å². The number of nitrogens with one attached hydrogen (secondary N) is 1. The summed E-state index contributed by atoms with van der Waals surface area (Å²) in [6.45, 7) is 7.57. The minimum atomic E-state index is -1.06. The second kappa shape index (κ2) is 11.8. The van der Waals surface area contributed by atoms with E-state index in [2.05, 4.69) is 11.9 Å². The fourth-order valence-corrected chi connectivity index (χ4v) is 2.69. The normalized spacial score (nSPS) is 15.7. The SMILES string of the molecule is C=C(C)CC(OC(=O)N1CCOCC1)C(=O)NC(C#N)COCc1ccccc1. The van der Waals surface area contributed by atoms with Crippen molar-refractivity contribution in [1.82, 2.24) is 10.2 Å². The quantitative estimate of drug-likeness (QED) is 0.636. The molecule has 1 N–H and O–H groups in total. The fourth-order valence-electron chi connectivity index (χ4n) is 2.69. The minimum absolute atomic E-state index is 0.0222. The van der Waals surface area contributed by atoms with Crippen molar-refractivity contribution < 1.29 is 23.8 Å². The summed E-state index contributed by atoms with van der Waals surface area (Å²) in [7, 11) is 0. The van der Waals surface area contributed by atoms with Crippen LogP contribution in [0, 0.1) is 11.3 Å². The van der Waals surface area contributed by atoms with Gasteiger partial charge in [0.25, 0.3) is 5.91 Å². The molecule has 8 heteroatoms. The van der Waals surface area contributed by atoms with Gasteiger partial charge < -0.3 is 24.4 Å². The number of amides is 2. The Morgan fingerprint density at radius 3 is 2.62 bits per heavy atom. The van der Waals surface area contributed by atoms with Crippen LogP contribution in [0.1, 0.15) is 18.9 Å². The summed E-state index contributed by atoms with van der Waals surface area (Å²) in [5.41, 5.74) is 1.66. The predicted octanol–water partition coefficient (Wildman–Crippen LogP) is 2.02. The first kappa shape index (κ1) is 22.4. The number of nitrogens with zero attached hydrogens (tertiary/aromatic N) is 2. The molecule has 8 nitrogen and oxygen atoms in total. The molecule has 29 heavy (non-hydrogen) atoms. The number of benzene rings is 1. The van der Waals surface area contributed by atoms with Crippen LogP contribution in [0.25, 0.3) is 0 Å². The highest BCUT2D eigenvalue weighted by molar-refractivity contribution is 5.84. The lowest BCUT2D eigenvalue weighted by atomic mass is 10.1. The maximum absolute atomic E-state index is 12.6. The summed E-state index contributed by atoms with van der Waals surface area (Å²) in [6, 6.07) is 10.7. The molecule has 1 aliphatic heterocycles. The van der Waals surface area contributed by atoms with Crippen LogP contribution >= 0.6 is 0 Å². The lowest BCUT2D eigenvalue weighted by Gasteiger charge is -2.28. The van der Waals surface area contributed by atoms with Gasteiger partial charge in [0.1, 0.15) is 6.04 Å². The molecule has 2 unspecified atom stereocenters. The first-order valence-electron chi connectivity index (χ1n) is 9.49. The molecule has 0 spiro atoms. The highest BCUT2D eigenvalue weighted by Gasteiger charge is 2.28. The van der Waals surface area contributed by atoms with Crippen LogP contribution in [0.4, 0.5) is 4.79 Å². The summed E-state index contributed by atoms with van der Waals surface area (Å²) in [5, 5.41) is 11.9. The van der Waals surface area contributed by atoms with Crippen LogP contribution in [0.15, 0.2) is 42.5 Å². The van der Waals surface area contributed by atoms with Gasteiger partial charge in [-0.25, -0.2) is 4.79 Å². The van der Waals surface area contributed by atoms with Gasteiger partial charge in [-0.3, -0.25) is 4.79 Å². The summed E-state index contributed by atoms with van der Waals surface area (Å²) in [5.74, 6) is -0.551. The van der Waals surface area contributed by atoms with E-state index in [0.717, 1.165) is 5.56 Å². The van der Waals surface area contributed by atoms with Gasteiger partial charge in [0.05, 0.1) is 32.5 Å². The summed E-state index contributed by atoms with van der Waals surface area (Å²) in [6.07, 6.45) is -1.47. The third-order valence-corrected chi connectivity index (χ3v) is 4.21. The number of ether oxygens (including phenoxy) is 3. The van der Waals surface area contributed by atoms with Gasteiger partial charge in [-0.05, 0) is 12.5 Å². The molecule has 1 aromatic rings. The average Bonchev–Trinajstić information content (AvgIpc) is 2.73. The molecule has 0 saturated carbocycles. The summed E-state index contributed by atoms with van der Waals surface area (Å²) >= 11 is 0. The van der Waals surface area contributed by atoms with Gasteiger partial charge in [0, 0.05) is 19.5 Å². The molecule has 1 fully saturated rings. The molecule has 0 bridgehead atoms. The van der Waals surface area contributed by atoms with Gasteiger partial charge in [-0.15, -0.1) is 0 Å². The van der Waals surface area contributed by atoms with E-state index in [9.17, 15) is 14.9 Å². The van der Waals surface area contributed by atoms with E-state index >= 15 is 0 Å². The molecule has 1 heterocycles. The second-order valence-corrected chi connectivity index (χ2v) is 6.82. The van der Waals surface area contributed by atoms with E-state index in [-0.39, 0.29) is 13.0 Å². The molecule has 2 atom stereocenters. The summed E-state index contributed by atoms with van der Waals surface area (Å²) < 4.78 is 16.1. The van der Waals surface area contributed by atoms with E-state index in [4.69, 9.17) is 14.2 Å². The van der Waals surface area contributed by atoms with Crippen LogP contribution in [-0.4, -0.2) is 62.0 Å². The van der Waals surface area contributed by atoms with Gasteiger partial charge in [0.2, 0.25) is 0 Å². The first-order valence-corrected chi connectivity index (χ1v) is 9.49. The standard InChI is InChI=1S/C21H27N3O5/c1-16(2)12-19(29-21(26)24-8-10-27-11-9-24)20(25)23-18(13-22)15-28-14-17-6-4-3-5-7-17/h3-7,18-19H,1,8-12,14-15H2,2H3,(H,23,25). The van der Waals surface area contributed by atoms with Crippen molar-refractivity contribution in [2.24, 2.45) is 0 Å². The minimum Gasteiger partial charge on any atom is -0.436 e. The second-order valence-electron chi connectivity index (χ2n) is 6.82. The smallest absolute Gasteiger partial charge is 0.410 e. The maximum Gasteiger partial charge on any atom is 0.410 e. The highest BCUT2D eigenvalue weighted by atomic mass is 16.6. The van der Waals surface area contributed by atoms with E-state index in [1.807, 2.05) is 36.4 Å². The number of hydrogen-bond donors (Lipinski definition) is 1. The molecular weight excluding hydrogens is 374 g/mol. The van der Waals surface area contributed by atoms with Crippen LogP contribution in [-0.2, 0) is 25.6 Å². The van der Waals surface area contributed by atoms with Crippen LogP contribution in [0.3, 0.4) is 0 Å². The van der Waals surface area contributed by atoms with Gasteiger partial charge in [-0.2, -0.15) is 5.26 Å². The molecule has 1 saturated heterocycles. The predicted molar refractivity (Wildman–Crippen MR) is 106 cm³/mol.